The Labute approximate surface area is 114 Å². The van der Waals surface area contributed by atoms with Gasteiger partial charge in [0, 0.05) is 6.54 Å². The Balaban J connectivity index is 2.36. The van der Waals surface area contributed by atoms with E-state index in [4.69, 9.17) is 11.6 Å². The van der Waals surface area contributed by atoms with Crippen molar-refractivity contribution in [3.63, 3.8) is 0 Å². The number of likely N-dealkylation sites (tertiary alicyclic amines) is 1. The minimum Gasteiger partial charge on any atom is -0.480 e. The molecule has 1 fully saturated rings. The van der Waals surface area contributed by atoms with Crippen molar-refractivity contribution in [2.45, 2.75) is 25.3 Å². The summed E-state index contributed by atoms with van der Waals surface area (Å²) < 4.78 is 13.0. The number of nitrogens with zero attached hydrogens (tertiary/aromatic N) is 1. The summed E-state index contributed by atoms with van der Waals surface area (Å²) in [4.78, 5) is 25.0. The predicted molar refractivity (Wildman–Crippen MR) is 67.7 cm³/mol. The molecule has 1 N–H and O–H groups in total. The minimum atomic E-state index is -1.23. The highest BCUT2D eigenvalue weighted by Gasteiger charge is 2.46. The normalized spacial score (nSPS) is 22.6. The first-order valence-corrected chi connectivity index (χ1v) is 6.24. The zero-order valence-electron chi connectivity index (χ0n) is 10.3. The molecule has 1 aliphatic rings. The highest BCUT2D eigenvalue weighted by Crippen LogP contribution is 2.32. The van der Waals surface area contributed by atoms with Crippen LogP contribution in [0.25, 0.3) is 0 Å². The number of carboxylic acids is 1. The fourth-order valence-corrected chi connectivity index (χ4v) is 2.57. The zero-order chi connectivity index (χ0) is 14.2. The monoisotopic (exact) mass is 285 g/mol. The SMILES string of the molecule is CC1(C(=O)O)CCCN1C(=O)c1ccc(F)cc1Cl. The van der Waals surface area contributed by atoms with Crippen molar-refractivity contribution in [2.24, 2.45) is 0 Å². The molecular formula is C13H13ClFNO3. The van der Waals surface area contributed by atoms with Gasteiger partial charge in [-0.25, -0.2) is 9.18 Å². The van der Waals surface area contributed by atoms with Crippen LogP contribution in [-0.2, 0) is 4.79 Å². The number of rotatable bonds is 2. The molecule has 0 saturated carbocycles. The van der Waals surface area contributed by atoms with E-state index in [9.17, 15) is 19.1 Å². The summed E-state index contributed by atoms with van der Waals surface area (Å²) in [6.07, 6.45) is 1.01. The van der Waals surface area contributed by atoms with Crippen molar-refractivity contribution in [1.82, 2.24) is 4.90 Å². The quantitative estimate of drug-likeness (QED) is 0.908. The lowest BCUT2D eigenvalue weighted by Crippen LogP contribution is -2.50. The van der Waals surface area contributed by atoms with Gasteiger partial charge in [0.25, 0.3) is 5.91 Å². The van der Waals surface area contributed by atoms with Gasteiger partial charge in [-0.05, 0) is 38.0 Å². The second kappa shape index (κ2) is 4.81. The van der Waals surface area contributed by atoms with E-state index in [0.717, 1.165) is 12.1 Å². The van der Waals surface area contributed by atoms with Crippen LogP contribution in [0.3, 0.4) is 0 Å². The number of aliphatic carboxylic acids is 1. The Morgan fingerprint density at radius 2 is 2.16 bits per heavy atom. The Kier molecular flexibility index (Phi) is 3.49. The number of carbonyl (C=O) groups is 2. The number of carbonyl (C=O) groups excluding carboxylic acids is 1. The molecule has 2 rings (SSSR count). The number of hydrogen-bond acceptors (Lipinski definition) is 2. The first-order valence-electron chi connectivity index (χ1n) is 5.86. The van der Waals surface area contributed by atoms with E-state index in [1.165, 1.54) is 17.9 Å². The van der Waals surface area contributed by atoms with Crippen molar-refractivity contribution in [2.75, 3.05) is 6.54 Å². The molecule has 6 heteroatoms. The smallest absolute Gasteiger partial charge is 0.329 e. The van der Waals surface area contributed by atoms with Crippen molar-refractivity contribution >= 4 is 23.5 Å². The van der Waals surface area contributed by atoms with E-state index in [-0.39, 0.29) is 10.6 Å². The maximum absolute atomic E-state index is 13.0. The summed E-state index contributed by atoms with van der Waals surface area (Å²) in [5.74, 6) is -2.06. The molecule has 19 heavy (non-hydrogen) atoms. The van der Waals surface area contributed by atoms with Crippen LogP contribution in [0.2, 0.25) is 5.02 Å². The van der Waals surface area contributed by atoms with Crippen LogP contribution in [0.5, 0.6) is 0 Å². The van der Waals surface area contributed by atoms with Gasteiger partial charge in [0.2, 0.25) is 0 Å². The third-order valence-electron chi connectivity index (χ3n) is 3.51. The Hall–Kier alpha value is -1.62. The fraction of sp³-hybridized carbons (Fsp3) is 0.385. The molecule has 102 valence electrons. The molecule has 1 unspecified atom stereocenters. The topological polar surface area (TPSA) is 57.6 Å². The molecule has 1 aliphatic heterocycles. The second-order valence-electron chi connectivity index (χ2n) is 4.76. The number of benzene rings is 1. The number of halogens is 2. The molecular weight excluding hydrogens is 273 g/mol. The molecule has 1 aromatic carbocycles. The zero-order valence-corrected chi connectivity index (χ0v) is 11.1. The fourth-order valence-electron chi connectivity index (χ4n) is 2.32. The Bertz CT molecular complexity index is 549. The summed E-state index contributed by atoms with van der Waals surface area (Å²) in [6.45, 7) is 1.87. The molecule has 0 bridgehead atoms. The molecule has 0 radical (unpaired) electrons. The van der Waals surface area contributed by atoms with Crippen molar-refractivity contribution in [3.8, 4) is 0 Å². The maximum atomic E-state index is 13.0. The average Bonchev–Trinajstić information content (AvgIpc) is 2.72. The van der Waals surface area contributed by atoms with Crippen LogP contribution in [0.4, 0.5) is 4.39 Å². The van der Waals surface area contributed by atoms with E-state index in [1.807, 2.05) is 0 Å². The molecule has 0 spiro atoms. The minimum absolute atomic E-state index is 0.00959. The average molecular weight is 286 g/mol. The van der Waals surface area contributed by atoms with Crippen LogP contribution in [0.15, 0.2) is 18.2 Å². The van der Waals surface area contributed by atoms with E-state index < -0.39 is 23.2 Å². The largest absolute Gasteiger partial charge is 0.480 e. The Morgan fingerprint density at radius 3 is 2.74 bits per heavy atom. The molecule has 1 atom stereocenters. The van der Waals surface area contributed by atoms with Gasteiger partial charge in [-0.1, -0.05) is 11.6 Å². The molecule has 1 heterocycles. The first-order chi connectivity index (χ1) is 8.86. The third kappa shape index (κ3) is 2.30. The lowest BCUT2D eigenvalue weighted by Gasteiger charge is -2.31. The van der Waals surface area contributed by atoms with E-state index in [1.54, 1.807) is 0 Å². The Morgan fingerprint density at radius 1 is 1.47 bits per heavy atom. The summed E-state index contributed by atoms with van der Waals surface area (Å²) in [6, 6.07) is 3.46. The van der Waals surface area contributed by atoms with Crippen molar-refractivity contribution in [1.29, 1.82) is 0 Å². The highest BCUT2D eigenvalue weighted by molar-refractivity contribution is 6.33. The molecule has 1 amide bonds. The van der Waals surface area contributed by atoms with Crippen molar-refractivity contribution < 1.29 is 19.1 Å². The molecule has 1 aromatic rings. The van der Waals surface area contributed by atoms with Crippen LogP contribution >= 0.6 is 11.6 Å². The van der Waals surface area contributed by atoms with Gasteiger partial charge in [0.05, 0.1) is 10.6 Å². The number of amides is 1. The molecule has 1 saturated heterocycles. The molecule has 0 aromatic heterocycles. The van der Waals surface area contributed by atoms with Crippen LogP contribution in [0, 0.1) is 5.82 Å². The molecule has 0 aliphatic carbocycles. The molecule has 4 nitrogen and oxygen atoms in total. The van der Waals surface area contributed by atoms with Crippen LogP contribution < -0.4 is 0 Å². The lowest BCUT2D eigenvalue weighted by molar-refractivity contribution is -0.147. The van der Waals surface area contributed by atoms with Gasteiger partial charge in [0.15, 0.2) is 0 Å². The number of hydrogen-bond donors (Lipinski definition) is 1. The highest BCUT2D eigenvalue weighted by atomic mass is 35.5. The van der Waals surface area contributed by atoms with Gasteiger partial charge in [-0.2, -0.15) is 0 Å². The second-order valence-corrected chi connectivity index (χ2v) is 5.17. The van der Waals surface area contributed by atoms with Crippen LogP contribution in [0.1, 0.15) is 30.1 Å². The van der Waals surface area contributed by atoms with E-state index in [0.29, 0.717) is 19.4 Å². The summed E-state index contributed by atoms with van der Waals surface area (Å²) in [5, 5.41) is 9.26. The van der Waals surface area contributed by atoms with E-state index >= 15 is 0 Å². The summed E-state index contributed by atoms with van der Waals surface area (Å²) in [5.41, 5.74) is -1.10. The van der Waals surface area contributed by atoms with Gasteiger partial charge in [0.1, 0.15) is 11.4 Å². The third-order valence-corrected chi connectivity index (χ3v) is 3.82. The van der Waals surface area contributed by atoms with Gasteiger partial charge < -0.3 is 10.0 Å². The standard InChI is InChI=1S/C13H13ClFNO3/c1-13(12(18)19)5-2-6-16(13)11(17)9-4-3-8(15)7-10(9)14/h3-4,7H,2,5-6H2,1H3,(H,18,19). The van der Waals surface area contributed by atoms with Crippen molar-refractivity contribution in [3.05, 3.63) is 34.6 Å². The maximum Gasteiger partial charge on any atom is 0.329 e. The lowest BCUT2D eigenvalue weighted by atomic mass is 9.98. The first kappa shape index (κ1) is 13.8. The van der Waals surface area contributed by atoms with Gasteiger partial charge >= 0.3 is 5.97 Å². The number of carboxylic acid groups (broad SMARTS) is 1. The summed E-state index contributed by atoms with van der Waals surface area (Å²) in [7, 11) is 0. The van der Waals surface area contributed by atoms with Gasteiger partial charge in [-0.15, -0.1) is 0 Å². The predicted octanol–water partition coefficient (Wildman–Crippen LogP) is 2.56. The van der Waals surface area contributed by atoms with Gasteiger partial charge in [-0.3, -0.25) is 4.79 Å². The summed E-state index contributed by atoms with van der Waals surface area (Å²) >= 11 is 5.84. The van der Waals surface area contributed by atoms with Crippen LogP contribution in [-0.4, -0.2) is 34.0 Å². The van der Waals surface area contributed by atoms with E-state index in [2.05, 4.69) is 0 Å².